The lowest BCUT2D eigenvalue weighted by molar-refractivity contribution is -0.121. The summed E-state index contributed by atoms with van der Waals surface area (Å²) >= 11 is 0. The minimum absolute atomic E-state index is 0.0500. The van der Waals surface area contributed by atoms with Gasteiger partial charge in [-0.3, -0.25) is 9.59 Å². The number of carbonyl (C=O) groups is 2. The maximum absolute atomic E-state index is 12.5. The topological polar surface area (TPSA) is 83.6 Å². The SMILES string of the molecule is CCC[C@@H](NC(=O)CN1C(=O)c2ccccc2S1(=O)=O)c1ccccc1. The summed E-state index contributed by atoms with van der Waals surface area (Å²) in [7, 11) is -3.98. The van der Waals surface area contributed by atoms with Crippen LogP contribution in [0.3, 0.4) is 0 Å². The van der Waals surface area contributed by atoms with Crippen molar-refractivity contribution in [2.24, 2.45) is 0 Å². The number of fused-ring (bicyclic) bond motifs is 1. The zero-order chi connectivity index (χ0) is 18.7. The van der Waals surface area contributed by atoms with Crippen LogP contribution in [-0.2, 0) is 14.8 Å². The van der Waals surface area contributed by atoms with Crippen LogP contribution in [0.2, 0.25) is 0 Å². The first-order chi connectivity index (χ1) is 12.4. The number of hydrogen-bond donors (Lipinski definition) is 1. The highest BCUT2D eigenvalue weighted by Crippen LogP contribution is 2.29. The van der Waals surface area contributed by atoms with Gasteiger partial charge in [-0.05, 0) is 24.1 Å². The van der Waals surface area contributed by atoms with Gasteiger partial charge in [0.2, 0.25) is 5.91 Å². The molecule has 0 aliphatic carbocycles. The summed E-state index contributed by atoms with van der Waals surface area (Å²) in [6.07, 6.45) is 1.57. The summed E-state index contributed by atoms with van der Waals surface area (Å²) in [5, 5.41) is 2.85. The number of carbonyl (C=O) groups excluding carboxylic acids is 2. The zero-order valence-corrected chi connectivity index (χ0v) is 15.2. The van der Waals surface area contributed by atoms with E-state index < -0.39 is 28.4 Å². The highest BCUT2D eigenvalue weighted by Gasteiger charge is 2.41. The van der Waals surface area contributed by atoms with E-state index in [1.165, 1.54) is 12.1 Å². The molecule has 136 valence electrons. The summed E-state index contributed by atoms with van der Waals surface area (Å²) in [6.45, 7) is 1.48. The lowest BCUT2D eigenvalue weighted by Crippen LogP contribution is -2.41. The number of hydrogen-bond acceptors (Lipinski definition) is 4. The summed E-state index contributed by atoms with van der Waals surface area (Å²) in [4.78, 5) is 24.8. The van der Waals surface area contributed by atoms with E-state index in [2.05, 4.69) is 5.32 Å². The number of nitrogens with one attached hydrogen (secondary N) is 1. The van der Waals surface area contributed by atoms with Crippen LogP contribution >= 0.6 is 0 Å². The number of nitrogens with zero attached hydrogens (tertiary/aromatic N) is 1. The second kappa shape index (κ2) is 7.29. The average Bonchev–Trinajstić information content (AvgIpc) is 2.83. The zero-order valence-electron chi connectivity index (χ0n) is 14.4. The fourth-order valence-electron chi connectivity index (χ4n) is 3.05. The van der Waals surface area contributed by atoms with Crippen molar-refractivity contribution in [3.63, 3.8) is 0 Å². The van der Waals surface area contributed by atoms with Crippen molar-refractivity contribution in [3.8, 4) is 0 Å². The lowest BCUT2D eigenvalue weighted by Gasteiger charge is -2.21. The van der Waals surface area contributed by atoms with Gasteiger partial charge in [-0.2, -0.15) is 0 Å². The van der Waals surface area contributed by atoms with E-state index in [0.717, 1.165) is 18.4 Å². The van der Waals surface area contributed by atoms with Crippen LogP contribution in [0.1, 0.15) is 41.7 Å². The summed E-state index contributed by atoms with van der Waals surface area (Å²) in [6, 6.07) is 15.2. The first-order valence-corrected chi connectivity index (χ1v) is 9.89. The molecule has 1 aliphatic rings. The molecule has 26 heavy (non-hydrogen) atoms. The molecule has 3 rings (SSSR count). The van der Waals surface area contributed by atoms with Crippen LogP contribution in [0.25, 0.3) is 0 Å². The van der Waals surface area contributed by atoms with E-state index >= 15 is 0 Å². The Balaban J connectivity index is 1.77. The largest absolute Gasteiger partial charge is 0.348 e. The summed E-state index contributed by atoms with van der Waals surface area (Å²) in [5.41, 5.74) is 1.05. The maximum Gasteiger partial charge on any atom is 0.269 e. The van der Waals surface area contributed by atoms with Gasteiger partial charge in [0.15, 0.2) is 0 Å². The minimum Gasteiger partial charge on any atom is -0.348 e. The molecule has 0 bridgehead atoms. The Morgan fingerprint density at radius 3 is 2.38 bits per heavy atom. The van der Waals surface area contributed by atoms with Crippen molar-refractivity contribution >= 4 is 21.8 Å². The van der Waals surface area contributed by atoms with E-state index in [1.54, 1.807) is 12.1 Å². The third-order valence-electron chi connectivity index (χ3n) is 4.31. The van der Waals surface area contributed by atoms with Gasteiger partial charge in [-0.25, -0.2) is 12.7 Å². The molecule has 1 atom stereocenters. The quantitative estimate of drug-likeness (QED) is 0.844. The molecule has 1 N–H and O–H groups in total. The predicted molar refractivity (Wildman–Crippen MR) is 96.9 cm³/mol. The van der Waals surface area contributed by atoms with Gasteiger partial charge in [0.25, 0.3) is 15.9 Å². The van der Waals surface area contributed by atoms with Crippen LogP contribution in [0.15, 0.2) is 59.5 Å². The Hall–Kier alpha value is -2.67. The van der Waals surface area contributed by atoms with Crippen molar-refractivity contribution in [2.45, 2.75) is 30.7 Å². The smallest absolute Gasteiger partial charge is 0.269 e. The molecule has 0 aromatic heterocycles. The van der Waals surface area contributed by atoms with Crippen LogP contribution in [-0.4, -0.2) is 31.1 Å². The molecule has 1 aliphatic heterocycles. The van der Waals surface area contributed by atoms with Gasteiger partial charge in [0.05, 0.1) is 11.6 Å². The number of benzene rings is 2. The Morgan fingerprint density at radius 1 is 1.08 bits per heavy atom. The molecule has 0 unspecified atom stereocenters. The van der Waals surface area contributed by atoms with E-state index in [4.69, 9.17) is 0 Å². The first-order valence-electron chi connectivity index (χ1n) is 8.45. The van der Waals surface area contributed by atoms with Crippen molar-refractivity contribution in [3.05, 3.63) is 65.7 Å². The van der Waals surface area contributed by atoms with Gasteiger partial charge in [-0.15, -0.1) is 0 Å². The third-order valence-corrected chi connectivity index (χ3v) is 6.10. The van der Waals surface area contributed by atoms with E-state index in [0.29, 0.717) is 4.31 Å². The number of amides is 2. The second-order valence-electron chi connectivity index (χ2n) is 6.13. The van der Waals surface area contributed by atoms with Gasteiger partial charge in [0.1, 0.15) is 11.4 Å². The Bertz CT molecular complexity index is 926. The molecular formula is C19H20N2O4S. The second-order valence-corrected chi connectivity index (χ2v) is 7.96. The van der Waals surface area contributed by atoms with Crippen LogP contribution < -0.4 is 5.32 Å². The molecule has 0 saturated carbocycles. The molecular weight excluding hydrogens is 352 g/mol. The monoisotopic (exact) mass is 372 g/mol. The Kier molecular flexibility index (Phi) is 5.08. The van der Waals surface area contributed by atoms with Crippen LogP contribution in [0.4, 0.5) is 0 Å². The highest BCUT2D eigenvalue weighted by atomic mass is 32.2. The molecule has 6 nitrogen and oxygen atoms in total. The Labute approximate surface area is 152 Å². The van der Waals surface area contributed by atoms with E-state index in [9.17, 15) is 18.0 Å². The predicted octanol–water partition coefficient (Wildman–Crippen LogP) is 2.49. The van der Waals surface area contributed by atoms with E-state index in [1.807, 2.05) is 37.3 Å². The lowest BCUT2D eigenvalue weighted by atomic mass is 10.0. The molecule has 2 aromatic rings. The van der Waals surface area contributed by atoms with Gasteiger partial charge in [0, 0.05) is 0 Å². The standard InChI is InChI=1S/C19H20N2O4S/c1-2-8-16(14-9-4-3-5-10-14)20-18(22)13-21-19(23)15-11-6-7-12-17(15)26(21,24)25/h3-7,9-12,16H,2,8,13H2,1H3,(H,20,22)/t16-/m1/s1. The molecule has 2 amide bonds. The van der Waals surface area contributed by atoms with Crippen LogP contribution in [0.5, 0.6) is 0 Å². The molecule has 1 heterocycles. The first kappa shape index (κ1) is 18.1. The maximum atomic E-state index is 12.5. The van der Waals surface area contributed by atoms with Crippen LogP contribution in [0, 0.1) is 0 Å². The van der Waals surface area contributed by atoms with Gasteiger partial charge < -0.3 is 5.32 Å². The highest BCUT2D eigenvalue weighted by molar-refractivity contribution is 7.90. The summed E-state index contributed by atoms with van der Waals surface area (Å²) < 4.78 is 25.7. The molecule has 0 fully saturated rings. The fourth-order valence-corrected chi connectivity index (χ4v) is 4.58. The fraction of sp³-hybridized carbons (Fsp3) is 0.263. The van der Waals surface area contributed by atoms with Crippen molar-refractivity contribution in [1.82, 2.24) is 9.62 Å². The van der Waals surface area contributed by atoms with Gasteiger partial charge >= 0.3 is 0 Å². The minimum atomic E-state index is -3.98. The molecule has 2 aromatic carbocycles. The third kappa shape index (κ3) is 3.35. The number of sulfonamides is 1. The molecule has 7 heteroatoms. The van der Waals surface area contributed by atoms with Crippen molar-refractivity contribution in [1.29, 1.82) is 0 Å². The van der Waals surface area contributed by atoms with Crippen molar-refractivity contribution in [2.75, 3.05) is 6.54 Å². The Morgan fingerprint density at radius 2 is 1.73 bits per heavy atom. The normalized spacial score (nSPS) is 16.2. The molecule has 0 radical (unpaired) electrons. The summed E-state index contributed by atoms with van der Waals surface area (Å²) in [5.74, 6) is -1.17. The van der Waals surface area contributed by atoms with Crippen molar-refractivity contribution < 1.29 is 18.0 Å². The molecule has 0 saturated heterocycles. The average molecular weight is 372 g/mol. The molecule has 0 spiro atoms. The number of rotatable bonds is 6. The van der Waals surface area contributed by atoms with Gasteiger partial charge in [-0.1, -0.05) is 55.8 Å². The van der Waals surface area contributed by atoms with E-state index in [-0.39, 0.29) is 16.5 Å².